The van der Waals surface area contributed by atoms with Crippen LogP contribution in [0.3, 0.4) is 0 Å². The molecule has 1 aromatic carbocycles. The Labute approximate surface area is 195 Å². The minimum atomic E-state index is -2.33. The van der Waals surface area contributed by atoms with E-state index in [-0.39, 0.29) is 23.2 Å². The number of carbonyl (C=O) groups excluding carboxylic acids is 1. The van der Waals surface area contributed by atoms with Gasteiger partial charge < -0.3 is 19.5 Å². The quantitative estimate of drug-likeness (QED) is 0.266. The first-order valence-electron chi connectivity index (χ1n) is 11.9. The summed E-state index contributed by atoms with van der Waals surface area (Å²) in [5.74, 6) is -0.134. The zero-order valence-corrected chi connectivity index (χ0v) is 22.1. The van der Waals surface area contributed by atoms with Crippen LogP contribution in [0.25, 0.3) is 5.57 Å². The Morgan fingerprint density at radius 2 is 1.91 bits per heavy atom. The van der Waals surface area contributed by atoms with Gasteiger partial charge in [0.15, 0.2) is 8.32 Å². The van der Waals surface area contributed by atoms with E-state index in [1.54, 1.807) is 0 Å². The summed E-state index contributed by atoms with van der Waals surface area (Å²) in [5.41, 5.74) is 3.97. The summed E-state index contributed by atoms with van der Waals surface area (Å²) in [5, 5.41) is 9.84. The van der Waals surface area contributed by atoms with Crippen LogP contribution in [0.15, 0.2) is 24.3 Å². The van der Waals surface area contributed by atoms with Crippen LogP contribution in [0, 0.1) is 0 Å². The van der Waals surface area contributed by atoms with Crippen molar-refractivity contribution in [3.8, 4) is 0 Å². The smallest absolute Gasteiger partial charge is 0.305 e. The van der Waals surface area contributed by atoms with Crippen LogP contribution in [0.5, 0.6) is 0 Å². The molecule has 1 aliphatic rings. The Kier molecular flexibility index (Phi) is 8.76. The van der Waals surface area contributed by atoms with E-state index in [4.69, 9.17) is 4.74 Å². The third-order valence-corrected chi connectivity index (χ3v) is 10.4. The van der Waals surface area contributed by atoms with Crippen LogP contribution in [0.4, 0.5) is 5.69 Å². The number of nitrogens with zero attached hydrogens (tertiary/aromatic N) is 1. The first-order chi connectivity index (χ1) is 14.8. The molecular formula is C26H43NO4Si. The molecule has 0 aliphatic carbocycles. The number of ether oxygens (including phenoxy) is 1. The van der Waals surface area contributed by atoms with Crippen molar-refractivity contribution in [1.29, 1.82) is 0 Å². The summed E-state index contributed by atoms with van der Waals surface area (Å²) >= 11 is 0. The van der Waals surface area contributed by atoms with Gasteiger partial charge in [-0.1, -0.05) is 45.4 Å². The van der Waals surface area contributed by atoms with Crippen LogP contribution >= 0.6 is 0 Å². The highest BCUT2D eigenvalue weighted by Gasteiger charge is 2.38. The fourth-order valence-corrected chi connectivity index (χ4v) is 4.76. The summed E-state index contributed by atoms with van der Waals surface area (Å²) in [6.45, 7) is 15.9. The SMILES string of the molecule is CCCCOC(=O)CCCN1c2cc(CC(C)(C)[Si](C)(C)O)ccc2C(CO)=CC1(C)C. The van der Waals surface area contributed by atoms with Gasteiger partial charge in [0, 0.05) is 24.2 Å². The number of anilines is 1. The molecule has 1 heterocycles. The van der Waals surface area contributed by atoms with Crippen molar-refractivity contribution >= 4 is 25.5 Å². The molecule has 5 nitrogen and oxygen atoms in total. The van der Waals surface area contributed by atoms with Gasteiger partial charge in [-0.15, -0.1) is 0 Å². The Hall–Kier alpha value is -1.63. The molecular weight excluding hydrogens is 418 g/mol. The predicted octanol–water partition coefficient (Wildman–Crippen LogP) is 5.30. The van der Waals surface area contributed by atoms with Crippen molar-refractivity contribution in [3.05, 3.63) is 35.4 Å². The molecule has 0 atom stereocenters. The maximum absolute atomic E-state index is 12.1. The van der Waals surface area contributed by atoms with Gasteiger partial charge in [-0.25, -0.2) is 0 Å². The summed E-state index contributed by atoms with van der Waals surface area (Å²) in [4.78, 5) is 25.1. The first-order valence-corrected chi connectivity index (χ1v) is 14.9. The second-order valence-electron chi connectivity index (χ2n) is 10.8. The number of aliphatic hydroxyl groups is 1. The van der Waals surface area contributed by atoms with E-state index in [1.165, 1.54) is 5.56 Å². The van der Waals surface area contributed by atoms with Crippen LogP contribution in [-0.2, 0) is 16.0 Å². The molecule has 1 aliphatic heterocycles. The maximum Gasteiger partial charge on any atom is 0.305 e. The zero-order valence-electron chi connectivity index (χ0n) is 21.1. The number of hydrogen-bond acceptors (Lipinski definition) is 5. The van der Waals surface area contributed by atoms with Crippen molar-refractivity contribution in [2.45, 2.75) is 90.4 Å². The Morgan fingerprint density at radius 3 is 2.50 bits per heavy atom. The van der Waals surface area contributed by atoms with Gasteiger partial charge in [0.1, 0.15) is 0 Å². The number of aliphatic hydroxyl groups excluding tert-OH is 1. The van der Waals surface area contributed by atoms with Gasteiger partial charge in [0.25, 0.3) is 0 Å². The standard InChI is InChI=1S/C26H43NO4Si/c1-8-9-15-31-24(29)11-10-14-27-23-16-20(17-26(4,5)32(6,7)30)12-13-22(23)21(19-28)18-25(27,2)3/h12-13,16,18,28,30H,8-11,14-15,17,19H2,1-7H3. The topological polar surface area (TPSA) is 70.0 Å². The van der Waals surface area contributed by atoms with Gasteiger partial charge in [-0.05, 0) is 68.4 Å². The largest absolute Gasteiger partial charge is 0.466 e. The molecule has 0 radical (unpaired) electrons. The third-order valence-electron chi connectivity index (χ3n) is 6.92. The molecule has 6 heteroatoms. The number of fused-ring (bicyclic) bond motifs is 1. The van der Waals surface area contributed by atoms with E-state index >= 15 is 0 Å². The van der Waals surface area contributed by atoms with E-state index < -0.39 is 8.32 Å². The van der Waals surface area contributed by atoms with Crippen LogP contribution < -0.4 is 4.90 Å². The van der Waals surface area contributed by atoms with Crippen molar-refractivity contribution in [2.24, 2.45) is 0 Å². The first kappa shape index (κ1) is 26.6. The maximum atomic E-state index is 12.1. The average molecular weight is 462 g/mol. The Balaban J connectivity index is 2.26. The third kappa shape index (κ3) is 6.46. The molecule has 1 aromatic rings. The minimum absolute atomic E-state index is 0.00451. The normalized spacial score (nSPS) is 15.9. The number of unbranched alkanes of at least 4 members (excludes halogenated alkanes) is 1. The summed E-state index contributed by atoms with van der Waals surface area (Å²) in [6, 6.07) is 6.42. The van der Waals surface area contributed by atoms with E-state index in [0.717, 1.165) is 42.6 Å². The fraction of sp³-hybridized carbons (Fsp3) is 0.654. The van der Waals surface area contributed by atoms with E-state index in [1.807, 2.05) is 13.1 Å². The van der Waals surface area contributed by atoms with Crippen molar-refractivity contribution in [3.63, 3.8) is 0 Å². The van der Waals surface area contributed by atoms with E-state index in [2.05, 4.69) is 63.8 Å². The van der Waals surface area contributed by atoms with Gasteiger partial charge in [0.2, 0.25) is 0 Å². The molecule has 0 aromatic heterocycles. The number of benzene rings is 1. The van der Waals surface area contributed by atoms with Gasteiger partial charge in [-0.2, -0.15) is 0 Å². The minimum Gasteiger partial charge on any atom is -0.466 e. The number of carbonyl (C=O) groups is 1. The summed E-state index contributed by atoms with van der Waals surface area (Å²) in [7, 11) is -2.33. The summed E-state index contributed by atoms with van der Waals surface area (Å²) < 4.78 is 5.31. The predicted molar refractivity (Wildman–Crippen MR) is 135 cm³/mol. The molecule has 0 unspecified atom stereocenters. The number of rotatable bonds is 11. The highest BCUT2D eigenvalue weighted by Crippen LogP contribution is 2.43. The average Bonchev–Trinajstić information content (AvgIpc) is 2.68. The van der Waals surface area contributed by atoms with Crippen molar-refractivity contribution < 1.29 is 19.4 Å². The van der Waals surface area contributed by atoms with E-state index in [0.29, 0.717) is 19.4 Å². The molecule has 32 heavy (non-hydrogen) atoms. The molecule has 0 saturated heterocycles. The molecule has 0 amide bonds. The van der Waals surface area contributed by atoms with Gasteiger partial charge in [-0.3, -0.25) is 4.79 Å². The molecule has 0 fully saturated rings. The Morgan fingerprint density at radius 1 is 1.22 bits per heavy atom. The lowest BCUT2D eigenvalue weighted by Crippen LogP contribution is -2.46. The fourth-order valence-electron chi connectivity index (χ4n) is 4.12. The molecule has 0 bridgehead atoms. The van der Waals surface area contributed by atoms with Crippen LogP contribution in [0.2, 0.25) is 18.1 Å². The number of hydrogen-bond donors (Lipinski definition) is 2. The molecule has 0 saturated carbocycles. The second kappa shape index (κ2) is 10.5. The Bertz CT molecular complexity index is 824. The lowest BCUT2D eigenvalue weighted by molar-refractivity contribution is -0.143. The lowest BCUT2D eigenvalue weighted by Gasteiger charge is -2.44. The monoisotopic (exact) mass is 461 g/mol. The van der Waals surface area contributed by atoms with Gasteiger partial charge >= 0.3 is 5.97 Å². The van der Waals surface area contributed by atoms with Gasteiger partial charge in [0.05, 0.1) is 18.8 Å². The molecule has 180 valence electrons. The second-order valence-corrected chi connectivity index (χ2v) is 15.3. The van der Waals surface area contributed by atoms with Crippen molar-refractivity contribution in [1.82, 2.24) is 0 Å². The molecule has 2 rings (SSSR count). The highest BCUT2D eigenvalue weighted by atomic mass is 28.4. The van der Waals surface area contributed by atoms with Crippen molar-refractivity contribution in [2.75, 3.05) is 24.7 Å². The van der Waals surface area contributed by atoms with Crippen LogP contribution in [-0.4, -0.2) is 49.5 Å². The molecule has 0 spiro atoms. The van der Waals surface area contributed by atoms with E-state index in [9.17, 15) is 14.7 Å². The number of esters is 1. The highest BCUT2D eigenvalue weighted by molar-refractivity contribution is 6.72. The molecule has 2 N–H and O–H groups in total. The lowest BCUT2D eigenvalue weighted by atomic mass is 9.86. The zero-order chi connectivity index (χ0) is 24.2. The summed E-state index contributed by atoms with van der Waals surface area (Å²) in [6.07, 6.45) is 5.95. The van der Waals surface area contributed by atoms with Crippen LogP contribution in [0.1, 0.15) is 71.4 Å².